The highest BCUT2D eigenvalue weighted by Crippen LogP contribution is 2.44. The smallest absolute Gasteiger partial charge is 0.280 e. The van der Waals surface area contributed by atoms with Gasteiger partial charge in [0.1, 0.15) is 0 Å². The molecule has 1 fully saturated rings. The number of aromatic amines is 1. The topological polar surface area (TPSA) is 134 Å². The van der Waals surface area contributed by atoms with Crippen molar-refractivity contribution in [2.75, 3.05) is 18.5 Å². The first-order chi connectivity index (χ1) is 21.3. The number of ether oxygens (including phenoxy) is 1. The number of hydrogen-bond donors (Lipinski definition) is 4. The molecule has 0 bridgehead atoms. The van der Waals surface area contributed by atoms with Crippen molar-refractivity contribution in [3.8, 4) is 12.3 Å². The molecule has 4 N–H and O–H groups in total. The fourth-order valence-corrected chi connectivity index (χ4v) is 6.10. The lowest BCUT2D eigenvalue weighted by Gasteiger charge is -2.46. The number of aliphatic hydroxyl groups is 1. The zero-order valence-corrected chi connectivity index (χ0v) is 25.1. The molecule has 1 amide bonds. The van der Waals surface area contributed by atoms with E-state index < -0.39 is 29.3 Å². The Morgan fingerprint density at radius 1 is 1.32 bits per heavy atom. The Kier molecular flexibility index (Phi) is 9.40. The zero-order chi connectivity index (χ0) is 31.3. The predicted molar refractivity (Wildman–Crippen MR) is 171 cm³/mol. The van der Waals surface area contributed by atoms with Gasteiger partial charge >= 0.3 is 0 Å². The van der Waals surface area contributed by atoms with Crippen LogP contribution in [0.1, 0.15) is 38.8 Å². The molecule has 3 heterocycles. The van der Waals surface area contributed by atoms with Crippen LogP contribution < -0.4 is 16.2 Å². The lowest BCUT2D eigenvalue weighted by Crippen LogP contribution is -2.58. The standard InChI is InChI=1S/C34H38N6O4/c1-5-7-14-23(6-2)34(24-15-10-8-11-16-24,25-17-12-9-13-18-25)39-28-26(20-44-27(28)19-41)40-21-35-29-30(40)36-33(38-32(29)43)37-31(42)22(3)4/h1,6-17,21-22,25-28,39,41H,18-20H2,2-4H3,(H2,36,37,38,42,43)/b14-7-,23-6+/t25?,26-,27?,28?,34?/m1/s1. The molecule has 2 aliphatic rings. The number of aromatic nitrogens is 4. The largest absolute Gasteiger partial charge is 0.394 e. The van der Waals surface area contributed by atoms with Gasteiger partial charge in [0.25, 0.3) is 5.56 Å². The minimum atomic E-state index is -0.785. The maximum absolute atomic E-state index is 13.0. The third-order valence-corrected chi connectivity index (χ3v) is 8.32. The highest BCUT2D eigenvalue weighted by molar-refractivity contribution is 5.91. The Bertz CT molecular complexity index is 1710. The lowest BCUT2D eigenvalue weighted by atomic mass is 9.69. The summed E-state index contributed by atoms with van der Waals surface area (Å²) in [4.78, 5) is 36.9. The van der Waals surface area contributed by atoms with Gasteiger partial charge in [-0.3, -0.25) is 25.2 Å². The molecule has 5 rings (SSSR count). The number of rotatable bonds is 10. The van der Waals surface area contributed by atoms with Crippen LogP contribution in [0.3, 0.4) is 0 Å². The number of anilines is 1. The Morgan fingerprint density at radius 3 is 2.77 bits per heavy atom. The summed E-state index contributed by atoms with van der Waals surface area (Å²) in [7, 11) is 0. The highest BCUT2D eigenvalue weighted by atomic mass is 16.5. The van der Waals surface area contributed by atoms with Crippen LogP contribution in [-0.4, -0.2) is 55.9 Å². The van der Waals surface area contributed by atoms with Crippen LogP contribution in [0.15, 0.2) is 89.6 Å². The molecule has 0 saturated carbocycles. The average Bonchev–Trinajstić information content (AvgIpc) is 3.65. The number of imidazole rings is 1. The van der Waals surface area contributed by atoms with E-state index in [-0.39, 0.29) is 42.4 Å². The van der Waals surface area contributed by atoms with Gasteiger partial charge in [-0.2, -0.15) is 4.98 Å². The van der Waals surface area contributed by atoms with E-state index in [0.29, 0.717) is 5.65 Å². The van der Waals surface area contributed by atoms with Gasteiger partial charge in [-0.1, -0.05) is 80.5 Å². The van der Waals surface area contributed by atoms with E-state index in [1.807, 2.05) is 43.4 Å². The van der Waals surface area contributed by atoms with Gasteiger partial charge in [0.05, 0.1) is 43.3 Å². The van der Waals surface area contributed by atoms with Gasteiger partial charge in [0.2, 0.25) is 11.9 Å². The number of hydrogen-bond acceptors (Lipinski definition) is 7. The first kappa shape index (κ1) is 30.9. The van der Waals surface area contributed by atoms with Gasteiger partial charge in [-0.25, -0.2) is 4.98 Å². The minimum Gasteiger partial charge on any atom is -0.394 e. The molecule has 0 spiro atoms. The SMILES string of the molecule is C#C/C=C\C(=C/C)C(NC1C(CO)OC[C@H]1n1cnc2c(=O)[nH]c(NC(=O)C(C)C)nc21)(c1ccccc1)C1C=CC=CC1. The average molecular weight is 595 g/mol. The van der Waals surface area contributed by atoms with E-state index in [2.05, 4.69) is 61.9 Å². The van der Waals surface area contributed by atoms with Crippen LogP contribution >= 0.6 is 0 Å². The van der Waals surface area contributed by atoms with Crippen LogP contribution in [-0.2, 0) is 15.1 Å². The summed E-state index contributed by atoms with van der Waals surface area (Å²) >= 11 is 0. The van der Waals surface area contributed by atoms with Gasteiger partial charge in [0.15, 0.2) is 11.2 Å². The number of carbonyl (C=O) groups is 1. The molecule has 3 aromatic rings. The molecule has 0 radical (unpaired) electrons. The van der Waals surface area contributed by atoms with Gasteiger partial charge < -0.3 is 14.4 Å². The van der Waals surface area contributed by atoms with Crippen molar-refractivity contribution in [1.29, 1.82) is 0 Å². The van der Waals surface area contributed by atoms with E-state index >= 15 is 0 Å². The number of aliphatic hydroxyl groups excluding tert-OH is 1. The summed E-state index contributed by atoms with van der Waals surface area (Å²) in [6.07, 6.45) is 21.5. The van der Waals surface area contributed by atoms with Crippen molar-refractivity contribution in [3.05, 3.63) is 101 Å². The Balaban J connectivity index is 1.66. The molecule has 10 nitrogen and oxygen atoms in total. The molecular weight excluding hydrogens is 556 g/mol. The minimum absolute atomic E-state index is 0.0255. The molecule has 228 valence electrons. The van der Waals surface area contributed by atoms with Crippen LogP contribution in [0, 0.1) is 24.2 Å². The van der Waals surface area contributed by atoms with Gasteiger partial charge in [-0.05, 0) is 36.6 Å². The number of amides is 1. The molecule has 10 heteroatoms. The molecule has 44 heavy (non-hydrogen) atoms. The van der Waals surface area contributed by atoms with E-state index in [1.165, 1.54) is 0 Å². The fourth-order valence-electron chi connectivity index (χ4n) is 6.10. The second kappa shape index (κ2) is 13.4. The van der Waals surface area contributed by atoms with E-state index in [1.54, 1.807) is 30.8 Å². The molecule has 1 aliphatic carbocycles. The fraction of sp³-hybridized carbons (Fsp3) is 0.353. The Labute approximate surface area is 256 Å². The van der Waals surface area contributed by atoms with Crippen LogP contribution in [0.2, 0.25) is 0 Å². The van der Waals surface area contributed by atoms with Crippen molar-refractivity contribution in [2.45, 2.75) is 50.9 Å². The van der Waals surface area contributed by atoms with Gasteiger partial charge in [-0.15, -0.1) is 6.42 Å². The molecule has 2 aromatic heterocycles. The molecule has 4 unspecified atom stereocenters. The number of terminal acetylenes is 1. The number of benzene rings is 1. The second-order valence-electron chi connectivity index (χ2n) is 11.2. The quantitative estimate of drug-likeness (QED) is 0.207. The second-order valence-corrected chi connectivity index (χ2v) is 11.2. The predicted octanol–water partition coefficient (Wildman–Crippen LogP) is 3.77. The monoisotopic (exact) mass is 594 g/mol. The number of H-pyrrole nitrogens is 1. The summed E-state index contributed by atoms with van der Waals surface area (Å²) in [5.41, 5.74) is 1.16. The van der Waals surface area contributed by atoms with Gasteiger partial charge in [0, 0.05) is 11.8 Å². The normalized spacial score (nSPS) is 23.3. The molecule has 1 aromatic carbocycles. The first-order valence-corrected chi connectivity index (χ1v) is 14.8. The Hall–Kier alpha value is -4.56. The summed E-state index contributed by atoms with van der Waals surface area (Å²) in [6.45, 7) is 5.49. The number of carbonyl (C=O) groups excluding carboxylic acids is 1. The third-order valence-electron chi connectivity index (χ3n) is 8.32. The molecule has 1 aliphatic heterocycles. The lowest BCUT2D eigenvalue weighted by molar-refractivity contribution is -0.118. The summed E-state index contributed by atoms with van der Waals surface area (Å²) in [5.74, 6) is 2.06. The Morgan fingerprint density at radius 2 is 2.11 bits per heavy atom. The number of nitrogens with zero attached hydrogens (tertiary/aromatic N) is 3. The van der Waals surface area contributed by atoms with Crippen molar-refractivity contribution in [3.63, 3.8) is 0 Å². The molecule has 5 atom stereocenters. The van der Waals surface area contributed by atoms with E-state index in [0.717, 1.165) is 17.6 Å². The third kappa shape index (κ3) is 5.82. The van der Waals surface area contributed by atoms with Crippen LogP contribution in [0.25, 0.3) is 11.2 Å². The number of fused-ring (bicyclic) bond motifs is 1. The van der Waals surface area contributed by atoms with Crippen LogP contribution in [0.4, 0.5) is 5.95 Å². The van der Waals surface area contributed by atoms with E-state index in [4.69, 9.17) is 11.2 Å². The van der Waals surface area contributed by atoms with E-state index in [9.17, 15) is 14.7 Å². The first-order valence-electron chi connectivity index (χ1n) is 14.8. The number of allylic oxidation sites excluding steroid dienone is 5. The number of nitrogens with one attached hydrogen (secondary N) is 3. The zero-order valence-electron chi connectivity index (χ0n) is 25.1. The highest BCUT2D eigenvalue weighted by Gasteiger charge is 2.48. The van der Waals surface area contributed by atoms with Crippen molar-refractivity contribution >= 4 is 23.0 Å². The molecule has 1 saturated heterocycles. The van der Waals surface area contributed by atoms with Crippen LogP contribution in [0.5, 0.6) is 0 Å². The summed E-state index contributed by atoms with van der Waals surface area (Å²) in [5, 5.41) is 17.2. The summed E-state index contributed by atoms with van der Waals surface area (Å²) in [6, 6.07) is 9.29. The molecular formula is C34H38N6O4. The van der Waals surface area contributed by atoms with Crippen molar-refractivity contribution in [1.82, 2.24) is 24.8 Å². The maximum Gasteiger partial charge on any atom is 0.280 e. The maximum atomic E-state index is 13.0. The van der Waals surface area contributed by atoms with Crippen molar-refractivity contribution in [2.24, 2.45) is 11.8 Å². The summed E-state index contributed by atoms with van der Waals surface area (Å²) < 4.78 is 7.97. The van der Waals surface area contributed by atoms with Crippen molar-refractivity contribution < 1.29 is 14.6 Å².